The molecule has 1 aliphatic carbocycles. The quantitative estimate of drug-likeness (QED) is 0.229. The maximum Gasteiger partial charge on any atom is 0.170 e. The van der Waals surface area contributed by atoms with E-state index < -0.39 is 0 Å². The Balaban J connectivity index is 1.58. The normalized spacial score (nSPS) is 17.8. The summed E-state index contributed by atoms with van der Waals surface area (Å²) >= 11 is 0. The van der Waals surface area contributed by atoms with Crippen molar-refractivity contribution in [1.29, 1.82) is 0 Å². The molecule has 0 aromatic heterocycles. The lowest BCUT2D eigenvalue weighted by Gasteiger charge is -2.35. The van der Waals surface area contributed by atoms with E-state index in [0.717, 1.165) is 19.3 Å². The molecule has 0 aliphatic heterocycles. The summed E-state index contributed by atoms with van der Waals surface area (Å²) in [5.74, 6) is -0.0558. The number of Topliss-reactive ketones (excluding diaryl/α,β-unsaturated/α-hetero) is 1. The van der Waals surface area contributed by atoms with Gasteiger partial charge in [0.2, 0.25) is 0 Å². The van der Waals surface area contributed by atoms with Crippen molar-refractivity contribution in [2.45, 2.75) is 31.6 Å². The lowest BCUT2D eigenvalue weighted by Crippen LogP contribution is -2.28. The van der Waals surface area contributed by atoms with Crippen LogP contribution in [-0.4, -0.2) is 10.9 Å². The predicted octanol–water partition coefficient (Wildman–Crippen LogP) is 7.55. The van der Waals surface area contributed by atoms with Gasteiger partial charge in [-0.1, -0.05) is 114 Å². The molecule has 0 saturated carbocycles. The Labute approximate surface area is 207 Å². The number of para-hydroxylation sites is 1. The average molecular weight is 459 g/mol. The number of hydrogen-bond acceptors (Lipinski definition) is 2. The van der Waals surface area contributed by atoms with Crippen LogP contribution >= 0.6 is 0 Å². The molecular formula is C33H30O2. The maximum absolute atomic E-state index is 13.9. The number of allylic oxidation sites excluding steroid dienone is 2. The van der Waals surface area contributed by atoms with Crippen LogP contribution < -0.4 is 0 Å². The summed E-state index contributed by atoms with van der Waals surface area (Å²) in [5, 5.41) is 10.5. The van der Waals surface area contributed by atoms with Gasteiger partial charge in [0.05, 0.1) is 5.56 Å². The van der Waals surface area contributed by atoms with E-state index in [1.807, 2.05) is 18.2 Å². The van der Waals surface area contributed by atoms with E-state index in [0.29, 0.717) is 12.0 Å². The van der Waals surface area contributed by atoms with Crippen LogP contribution in [0.2, 0.25) is 0 Å². The highest BCUT2D eigenvalue weighted by atomic mass is 16.3. The van der Waals surface area contributed by atoms with Crippen molar-refractivity contribution < 1.29 is 9.90 Å². The van der Waals surface area contributed by atoms with Crippen LogP contribution in [0.25, 0.3) is 0 Å². The lowest BCUT2D eigenvalue weighted by molar-refractivity contribution is 0.0889. The fourth-order valence-corrected chi connectivity index (χ4v) is 5.39. The zero-order valence-electron chi connectivity index (χ0n) is 19.8. The van der Waals surface area contributed by atoms with Gasteiger partial charge in [-0.15, -0.1) is 0 Å². The summed E-state index contributed by atoms with van der Waals surface area (Å²) in [5.41, 5.74) is 6.94. The first-order valence-corrected chi connectivity index (χ1v) is 12.3. The van der Waals surface area contributed by atoms with Crippen LogP contribution in [0, 0.1) is 5.92 Å². The topological polar surface area (TPSA) is 37.3 Å². The number of carbonyl (C=O) groups excluding carboxylic acids is 1. The van der Waals surface area contributed by atoms with Gasteiger partial charge < -0.3 is 5.11 Å². The largest absolute Gasteiger partial charge is 0.507 e. The minimum atomic E-state index is -0.219. The molecule has 0 amide bonds. The summed E-state index contributed by atoms with van der Waals surface area (Å²) in [6.45, 7) is 0. The van der Waals surface area contributed by atoms with E-state index in [1.54, 1.807) is 18.2 Å². The zero-order valence-corrected chi connectivity index (χ0v) is 19.8. The molecule has 2 atom stereocenters. The van der Waals surface area contributed by atoms with Gasteiger partial charge in [0.15, 0.2) is 5.78 Å². The van der Waals surface area contributed by atoms with Crippen molar-refractivity contribution in [2.24, 2.45) is 5.92 Å². The first-order chi connectivity index (χ1) is 17.2. The highest BCUT2D eigenvalue weighted by molar-refractivity contribution is 6.01. The van der Waals surface area contributed by atoms with Crippen molar-refractivity contribution >= 4 is 5.78 Å². The SMILES string of the molecule is O=C(c1ccccc1O)[C@@H]1CC(Cc2ccccc2)=C(Cc2ccccc2)C[C@H]1c1ccccc1. The van der Waals surface area contributed by atoms with E-state index in [1.165, 1.54) is 27.8 Å². The molecule has 0 heterocycles. The van der Waals surface area contributed by atoms with Crippen molar-refractivity contribution in [3.63, 3.8) is 0 Å². The number of carbonyl (C=O) groups is 1. The molecule has 0 saturated heterocycles. The van der Waals surface area contributed by atoms with E-state index in [-0.39, 0.29) is 23.4 Å². The molecule has 35 heavy (non-hydrogen) atoms. The minimum Gasteiger partial charge on any atom is -0.507 e. The molecule has 0 spiro atoms. The molecule has 174 valence electrons. The van der Waals surface area contributed by atoms with Gasteiger partial charge in [-0.05, 0) is 60.4 Å². The third-order valence-corrected chi connectivity index (χ3v) is 7.17. The highest BCUT2D eigenvalue weighted by Gasteiger charge is 2.36. The van der Waals surface area contributed by atoms with Crippen LogP contribution in [0.3, 0.4) is 0 Å². The molecule has 0 radical (unpaired) electrons. The molecular weight excluding hydrogens is 428 g/mol. The standard InChI is InChI=1S/C33H30O2/c34-32-19-11-10-18-29(32)33(35)31-23-28(21-25-14-6-2-7-15-25)27(20-24-12-4-1-5-13-24)22-30(31)26-16-8-3-9-17-26/h1-19,30-31,34H,20-23H2/t30-,31+/m0/s1. The zero-order chi connectivity index (χ0) is 24.0. The van der Waals surface area contributed by atoms with Crippen LogP contribution in [0.5, 0.6) is 5.75 Å². The molecule has 0 bridgehead atoms. The molecule has 0 fully saturated rings. The molecule has 1 aliphatic rings. The molecule has 2 heteroatoms. The number of phenols is 1. The number of hydrogen-bond donors (Lipinski definition) is 1. The number of benzene rings is 4. The minimum absolute atomic E-state index is 0.0290. The Morgan fingerprint density at radius 1 is 0.629 bits per heavy atom. The second-order valence-electron chi connectivity index (χ2n) is 9.45. The van der Waals surface area contributed by atoms with E-state index in [2.05, 4.69) is 78.9 Å². The fraction of sp³-hybridized carbons (Fsp3) is 0.182. The van der Waals surface area contributed by atoms with Gasteiger partial charge in [0, 0.05) is 5.92 Å². The van der Waals surface area contributed by atoms with Crippen molar-refractivity contribution in [3.05, 3.63) is 149 Å². The molecule has 4 aromatic carbocycles. The maximum atomic E-state index is 13.9. The average Bonchev–Trinajstić information content (AvgIpc) is 2.91. The second kappa shape index (κ2) is 10.6. The van der Waals surface area contributed by atoms with E-state index in [4.69, 9.17) is 0 Å². The molecule has 2 nitrogen and oxygen atoms in total. The number of aromatic hydroxyl groups is 1. The van der Waals surface area contributed by atoms with Gasteiger partial charge in [-0.3, -0.25) is 4.79 Å². The van der Waals surface area contributed by atoms with E-state index >= 15 is 0 Å². The molecule has 5 rings (SSSR count). The molecule has 4 aromatic rings. The van der Waals surface area contributed by atoms with Crippen LogP contribution in [-0.2, 0) is 12.8 Å². The second-order valence-corrected chi connectivity index (χ2v) is 9.45. The van der Waals surface area contributed by atoms with Gasteiger partial charge in [-0.2, -0.15) is 0 Å². The van der Waals surface area contributed by atoms with Crippen LogP contribution in [0.1, 0.15) is 45.8 Å². The monoisotopic (exact) mass is 458 g/mol. The molecule has 1 N–H and O–H groups in total. The van der Waals surface area contributed by atoms with E-state index in [9.17, 15) is 9.90 Å². The Morgan fingerprint density at radius 3 is 1.69 bits per heavy atom. The van der Waals surface area contributed by atoms with Crippen molar-refractivity contribution in [1.82, 2.24) is 0 Å². The van der Waals surface area contributed by atoms with Crippen molar-refractivity contribution in [2.75, 3.05) is 0 Å². The molecule has 0 unspecified atom stereocenters. The van der Waals surface area contributed by atoms with Gasteiger partial charge in [0.1, 0.15) is 5.75 Å². The van der Waals surface area contributed by atoms with Crippen LogP contribution in [0.4, 0.5) is 0 Å². The summed E-state index contributed by atoms with van der Waals surface area (Å²) in [7, 11) is 0. The predicted molar refractivity (Wildman–Crippen MR) is 142 cm³/mol. The highest BCUT2D eigenvalue weighted by Crippen LogP contribution is 2.44. The number of ketones is 1. The summed E-state index contributed by atoms with van der Waals surface area (Å²) in [6, 6.07) is 38.5. The summed E-state index contributed by atoms with van der Waals surface area (Å²) < 4.78 is 0. The first kappa shape index (κ1) is 22.9. The summed E-state index contributed by atoms with van der Waals surface area (Å²) in [4.78, 5) is 13.9. The van der Waals surface area contributed by atoms with Gasteiger partial charge >= 0.3 is 0 Å². The number of phenolic OH excluding ortho intramolecular Hbond substituents is 1. The fourth-order valence-electron chi connectivity index (χ4n) is 5.39. The Morgan fingerprint density at radius 2 is 1.11 bits per heavy atom. The summed E-state index contributed by atoms with van der Waals surface area (Å²) in [6.07, 6.45) is 3.27. The van der Waals surface area contributed by atoms with Crippen LogP contribution in [0.15, 0.2) is 126 Å². The van der Waals surface area contributed by atoms with Gasteiger partial charge in [-0.25, -0.2) is 0 Å². The smallest absolute Gasteiger partial charge is 0.170 e. The van der Waals surface area contributed by atoms with Crippen molar-refractivity contribution in [3.8, 4) is 5.75 Å². The Hall–Kier alpha value is -3.91. The third-order valence-electron chi connectivity index (χ3n) is 7.17. The van der Waals surface area contributed by atoms with Gasteiger partial charge in [0.25, 0.3) is 0 Å². The first-order valence-electron chi connectivity index (χ1n) is 12.3. The Bertz CT molecular complexity index is 1310. The third kappa shape index (κ3) is 5.27. The Kier molecular flexibility index (Phi) is 6.90. The lowest BCUT2D eigenvalue weighted by atomic mass is 9.68. The number of rotatable bonds is 7.